The number of nitrogens with one attached hydrogen (secondary N) is 1. The van der Waals surface area contributed by atoms with E-state index in [1.807, 2.05) is 48.5 Å². The van der Waals surface area contributed by atoms with Gasteiger partial charge in [0.25, 0.3) is 0 Å². The monoisotopic (exact) mass is 441 g/mol. The van der Waals surface area contributed by atoms with Crippen LogP contribution in [0, 0.1) is 0 Å². The SMILES string of the molecule is COc1ccc(CCC(=O)NC(c2ccccc2)c2ccc(OC(F)F)cc2)cc1OC. The van der Waals surface area contributed by atoms with Crippen molar-refractivity contribution in [2.75, 3.05) is 14.2 Å². The van der Waals surface area contributed by atoms with Crippen LogP contribution < -0.4 is 19.5 Å². The molecule has 32 heavy (non-hydrogen) atoms. The molecule has 1 unspecified atom stereocenters. The number of ether oxygens (including phenoxy) is 3. The summed E-state index contributed by atoms with van der Waals surface area (Å²) in [6.45, 7) is -2.89. The minimum Gasteiger partial charge on any atom is -0.493 e. The number of rotatable bonds is 10. The highest BCUT2D eigenvalue weighted by molar-refractivity contribution is 5.77. The van der Waals surface area contributed by atoms with Crippen molar-refractivity contribution in [2.45, 2.75) is 25.5 Å². The molecule has 0 heterocycles. The summed E-state index contributed by atoms with van der Waals surface area (Å²) in [7, 11) is 3.14. The molecule has 0 spiro atoms. The molecule has 0 radical (unpaired) electrons. The molecule has 3 rings (SSSR count). The van der Waals surface area contributed by atoms with Gasteiger partial charge in [0.2, 0.25) is 5.91 Å². The third-order valence-corrected chi connectivity index (χ3v) is 4.97. The average molecular weight is 441 g/mol. The molecule has 3 aromatic carbocycles. The van der Waals surface area contributed by atoms with Gasteiger partial charge in [-0.15, -0.1) is 0 Å². The van der Waals surface area contributed by atoms with Crippen LogP contribution in [0.5, 0.6) is 17.2 Å². The first-order chi connectivity index (χ1) is 15.5. The smallest absolute Gasteiger partial charge is 0.387 e. The number of hydrogen-bond donors (Lipinski definition) is 1. The number of aryl methyl sites for hydroxylation is 1. The third-order valence-electron chi connectivity index (χ3n) is 4.97. The summed E-state index contributed by atoms with van der Waals surface area (Å²) < 4.78 is 39.9. The van der Waals surface area contributed by atoms with Crippen LogP contribution in [-0.4, -0.2) is 26.7 Å². The Hall–Kier alpha value is -3.61. The second kappa shape index (κ2) is 11.1. The summed E-state index contributed by atoms with van der Waals surface area (Å²) >= 11 is 0. The van der Waals surface area contributed by atoms with Crippen molar-refractivity contribution < 1.29 is 27.8 Å². The fourth-order valence-electron chi connectivity index (χ4n) is 3.37. The van der Waals surface area contributed by atoms with Crippen LogP contribution in [0.2, 0.25) is 0 Å². The van der Waals surface area contributed by atoms with Crippen molar-refractivity contribution in [1.29, 1.82) is 0 Å². The minimum absolute atomic E-state index is 0.0651. The first-order valence-corrected chi connectivity index (χ1v) is 10.1. The van der Waals surface area contributed by atoms with Gasteiger partial charge < -0.3 is 19.5 Å². The molecule has 1 N–H and O–H groups in total. The van der Waals surface area contributed by atoms with Crippen molar-refractivity contribution in [3.63, 3.8) is 0 Å². The van der Waals surface area contributed by atoms with E-state index in [2.05, 4.69) is 10.1 Å². The highest BCUT2D eigenvalue weighted by atomic mass is 19.3. The number of benzene rings is 3. The highest BCUT2D eigenvalue weighted by Crippen LogP contribution is 2.28. The Morgan fingerprint density at radius 3 is 2.16 bits per heavy atom. The van der Waals surface area contributed by atoms with Crippen LogP contribution in [-0.2, 0) is 11.2 Å². The van der Waals surface area contributed by atoms with Gasteiger partial charge in [-0.25, -0.2) is 0 Å². The van der Waals surface area contributed by atoms with Gasteiger partial charge in [0.05, 0.1) is 20.3 Å². The second-order valence-corrected chi connectivity index (χ2v) is 7.05. The molecule has 0 saturated carbocycles. The maximum absolute atomic E-state index is 12.8. The van der Waals surface area contributed by atoms with E-state index < -0.39 is 12.7 Å². The van der Waals surface area contributed by atoms with E-state index >= 15 is 0 Å². The standard InChI is InChI=1S/C25H25F2NO4/c1-30-21-14-8-17(16-22(21)31-2)9-15-23(29)28-24(18-6-4-3-5-7-18)19-10-12-20(13-11-19)32-25(26)27/h3-8,10-14,16,24-25H,9,15H2,1-2H3,(H,28,29). The third kappa shape index (κ3) is 6.20. The van der Waals surface area contributed by atoms with Crippen molar-refractivity contribution in [3.8, 4) is 17.2 Å². The summed E-state index contributed by atoms with van der Waals surface area (Å²) in [6, 6.07) is 20.9. The van der Waals surface area contributed by atoms with E-state index in [9.17, 15) is 13.6 Å². The number of amides is 1. The van der Waals surface area contributed by atoms with Crippen LogP contribution in [0.15, 0.2) is 72.8 Å². The lowest BCUT2D eigenvalue weighted by atomic mass is 9.98. The molecule has 0 fully saturated rings. The summed E-state index contributed by atoms with van der Waals surface area (Å²) in [5.41, 5.74) is 2.59. The predicted octanol–water partition coefficient (Wildman–Crippen LogP) is 5.14. The van der Waals surface area contributed by atoms with Crippen LogP contribution in [0.4, 0.5) is 8.78 Å². The molecule has 0 aliphatic heterocycles. The van der Waals surface area contributed by atoms with Crippen molar-refractivity contribution in [3.05, 3.63) is 89.5 Å². The number of methoxy groups -OCH3 is 2. The zero-order valence-electron chi connectivity index (χ0n) is 17.9. The predicted molar refractivity (Wildman–Crippen MR) is 117 cm³/mol. The highest BCUT2D eigenvalue weighted by Gasteiger charge is 2.17. The Kier molecular flexibility index (Phi) is 8.02. The largest absolute Gasteiger partial charge is 0.493 e. The topological polar surface area (TPSA) is 56.8 Å². The first kappa shape index (κ1) is 23.1. The molecule has 1 amide bonds. The van der Waals surface area contributed by atoms with Gasteiger partial charge in [-0.05, 0) is 47.4 Å². The fourth-order valence-corrected chi connectivity index (χ4v) is 3.37. The van der Waals surface area contributed by atoms with Crippen LogP contribution in [0.25, 0.3) is 0 Å². The maximum Gasteiger partial charge on any atom is 0.387 e. The zero-order valence-corrected chi connectivity index (χ0v) is 17.9. The average Bonchev–Trinajstić information content (AvgIpc) is 2.81. The Morgan fingerprint density at radius 1 is 0.875 bits per heavy atom. The van der Waals surface area contributed by atoms with Crippen molar-refractivity contribution >= 4 is 5.91 Å². The molecule has 0 saturated heterocycles. The molecular formula is C25H25F2NO4. The van der Waals surface area contributed by atoms with E-state index in [0.717, 1.165) is 16.7 Å². The molecule has 168 valence electrons. The van der Waals surface area contributed by atoms with Gasteiger partial charge >= 0.3 is 6.61 Å². The Balaban J connectivity index is 1.72. The number of carbonyl (C=O) groups is 1. The van der Waals surface area contributed by atoms with Gasteiger partial charge in [-0.2, -0.15) is 8.78 Å². The summed E-state index contributed by atoms with van der Waals surface area (Å²) in [6.07, 6.45) is 0.792. The van der Waals surface area contributed by atoms with Crippen LogP contribution >= 0.6 is 0 Å². The molecule has 0 aliphatic rings. The molecule has 1 atom stereocenters. The van der Waals surface area contributed by atoms with Crippen LogP contribution in [0.1, 0.15) is 29.2 Å². The molecule has 5 nitrogen and oxygen atoms in total. The number of halogens is 2. The first-order valence-electron chi connectivity index (χ1n) is 10.1. The number of carbonyl (C=O) groups excluding carboxylic acids is 1. The number of hydrogen-bond acceptors (Lipinski definition) is 4. The molecule has 0 aliphatic carbocycles. The van der Waals surface area contributed by atoms with E-state index in [1.165, 1.54) is 12.1 Å². The van der Waals surface area contributed by atoms with Crippen LogP contribution in [0.3, 0.4) is 0 Å². The normalized spacial score (nSPS) is 11.7. The lowest BCUT2D eigenvalue weighted by Crippen LogP contribution is -2.29. The Morgan fingerprint density at radius 2 is 1.53 bits per heavy atom. The second-order valence-electron chi connectivity index (χ2n) is 7.05. The van der Waals surface area contributed by atoms with E-state index in [1.54, 1.807) is 26.4 Å². The lowest BCUT2D eigenvalue weighted by Gasteiger charge is -2.20. The van der Waals surface area contributed by atoms with E-state index in [-0.39, 0.29) is 18.1 Å². The molecular weight excluding hydrogens is 416 g/mol. The quantitative estimate of drug-likeness (QED) is 0.473. The maximum atomic E-state index is 12.8. The number of alkyl halides is 2. The van der Waals surface area contributed by atoms with Gasteiger partial charge in [0.15, 0.2) is 11.5 Å². The summed E-state index contributed by atoms with van der Waals surface area (Å²) in [5, 5.41) is 3.05. The van der Waals surface area contributed by atoms with Gasteiger partial charge in [0, 0.05) is 6.42 Å². The Bertz CT molecular complexity index is 1010. The van der Waals surface area contributed by atoms with Gasteiger partial charge in [-0.1, -0.05) is 48.5 Å². The zero-order chi connectivity index (χ0) is 22.9. The van der Waals surface area contributed by atoms with Crippen molar-refractivity contribution in [2.24, 2.45) is 0 Å². The molecule has 3 aromatic rings. The van der Waals surface area contributed by atoms with E-state index in [0.29, 0.717) is 17.9 Å². The van der Waals surface area contributed by atoms with Gasteiger partial charge in [0.1, 0.15) is 5.75 Å². The minimum atomic E-state index is -2.89. The summed E-state index contributed by atoms with van der Waals surface area (Å²) in [4.78, 5) is 12.8. The van der Waals surface area contributed by atoms with E-state index in [4.69, 9.17) is 9.47 Å². The summed E-state index contributed by atoms with van der Waals surface area (Å²) in [5.74, 6) is 1.17. The van der Waals surface area contributed by atoms with Crippen molar-refractivity contribution in [1.82, 2.24) is 5.32 Å². The fraction of sp³-hybridized carbons (Fsp3) is 0.240. The molecule has 7 heteroatoms. The van der Waals surface area contributed by atoms with Gasteiger partial charge in [-0.3, -0.25) is 4.79 Å². The molecule has 0 aromatic heterocycles. The molecule has 0 bridgehead atoms. The lowest BCUT2D eigenvalue weighted by molar-refractivity contribution is -0.121. The Labute approximate surface area is 185 Å².